The number of carboxylic acids is 1. The molecule has 0 unspecified atom stereocenters. The van der Waals surface area contributed by atoms with Gasteiger partial charge < -0.3 is 20.1 Å². The van der Waals surface area contributed by atoms with Crippen molar-refractivity contribution in [2.45, 2.75) is 32.6 Å². The van der Waals surface area contributed by atoms with Crippen LogP contribution in [-0.4, -0.2) is 47.7 Å². The summed E-state index contributed by atoms with van der Waals surface area (Å²) in [6.07, 6.45) is 2.53. The van der Waals surface area contributed by atoms with E-state index in [0.717, 1.165) is 18.4 Å². The number of aliphatic carboxylic acids is 1. The van der Waals surface area contributed by atoms with Crippen LogP contribution in [0.25, 0.3) is 0 Å². The molecule has 2 amide bonds. The van der Waals surface area contributed by atoms with E-state index in [4.69, 9.17) is 4.74 Å². The van der Waals surface area contributed by atoms with E-state index < -0.39 is 11.4 Å². The third kappa shape index (κ3) is 3.52. The smallest absolute Gasteiger partial charge is 0.321 e. The third-order valence-electron chi connectivity index (χ3n) is 5.42. The molecule has 2 fully saturated rings. The highest BCUT2D eigenvalue weighted by Gasteiger charge is 2.55. The van der Waals surface area contributed by atoms with E-state index in [2.05, 4.69) is 5.32 Å². The number of urea groups is 1. The SMILES string of the molecule is CCOC(=O)Cc1cccc(NC(=O)N2C[C@@H]3CCC[C@@]3(C(=O)O)C2)c1. The lowest BCUT2D eigenvalue weighted by Crippen LogP contribution is -2.38. The van der Waals surface area contributed by atoms with Crippen LogP contribution in [0.3, 0.4) is 0 Å². The molecule has 1 aromatic rings. The molecule has 2 atom stereocenters. The molecule has 1 aliphatic heterocycles. The van der Waals surface area contributed by atoms with Gasteiger partial charge in [0.2, 0.25) is 0 Å². The van der Waals surface area contributed by atoms with Crippen LogP contribution in [0.4, 0.5) is 10.5 Å². The summed E-state index contributed by atoms with van der Waals surface area (Å²) in [5, 5.41) is 12.4. The van der Waals surface area contributed by atoms with Gasteiger partial charge in [-0.1, -0.05) is 18.6 Å². The molecule has 0 bridgehead atoms. The van der Waals surface area contributed by atoms with Crippen LogP contribution in [0.1, 0.15) is 31.7 Å². The van der Waals surface area contributed by atoms with Gasteiger partial charge in [-0.25, -0.2) is 4.79 Å². The maximum absolute atomic E-state index is 12.6. The number of ether oxygens (including phenoxy) is 1. The lowest BCUT2D eigenvalue weighted by atomic mass is 9.81. The zero-order valence-corrected chi connectivity index (χ0v) is 14.9. The quantitative estimate of drug-likeness (QED) is 0.787. The fraction of sp³-hybridized carbons (Fsp3) is 0.526. The maximum atomic E-state index is 12.6. The first-order valence-electron chi connectivity index (χ1n) is 8.98. The van der Waals surface area contributed by atoms with Gasteiger partial charge >= 0.3 is 18.0 Å². The minimum Gasteiger partial charge on any atom is -0.481 e. The van der Waals surface area contributed by atoms with Crippen LogP contribution < -0.4 is 5.32 Å². The molecule has 26 heavy (non-hydrogen) atoms. The fourth-order valence-electron chi connectivity index (χ4n) is 4.13. The van der Waals surface area contributed by atoms with Crippen molar-refractivity contribution >= 4 is 23.7 Å². The largest absolute Gasteiger partial charge is 0.481 e. The Bertz CT molecular complexity index is 720. The Labute approximate surface area is 152 Å². The summed E-state index contributed by atoms with van der Waals surface area (Å²) in [5.41, 5.74) is 0.545. The highest BCUT2D eigenvalue weighted by molar-refractivity contribution is 5.91. The Hall–Kier alpha value is -2.57. The van der Waals surface area contributed by atoms with Crippen LogP contribution in [0.2, 0.25) is 0 Å². The number of likely N-dealkylation sites (tertiary alicyclic amines) is 1. The third-order valence-corrected chi connectivity index (χ3v) is 5.42. The van der Waals surface area contributed by atoms with Crippen LogP contribution in [0, 0.1) is 11.3 Å². The van der Waals surface area contributed by atoms with Gasteiger partial charge in [-0.2, -0.15) is 0 Å². The molecule has 140 valence electrons. The van der Waals surface area contributed by atoms with Gasteiger partial charge in [0, 0.05) is 18.8 Å². The Morgan fingerprint density at radius 3 is 2.88 bits per heavy atom. The van der Waals surface area contributed by atoms with Crippen molar-refractivity contribution in [2.75, 3.05) is 25.0 Å². The highest BCUT2D eigenvalue weighted by Crippen LogP contribution is 2.48. The van der Waals surface area contributed by atoms with E-state index >= 15 is 0 Å². The normalized spacial score (nSPS) is 24.2. The second kappa shape index (κ2) is 7.35. The molecule has 0 aromatic heterocycles. The predicted molar refractivity (Wildman–Crippen MR) is 94.8 cm³/mol. The molecular formula is C19H24N2O5. The molecule has 1 saturated carbocycles. The Balaban J connectivity index is 1.64. The number of anilines is 1. The molecule has 7 heteroatoms. The summed E-state index contributed by atoms with van der Waals surface area (Å²) in [4.78, 5) is 37.5. The molecule has 2 aliphatic rings. The average Bonchev–Trinajstić information content (AvgIpc) is 3.13. The second-order valence-corrected chi connectivity index (χ2v) is 7.04. The molecule has 0 spiro atoms. The van der Waals surface area contributed by atoms with Gasteiger partial charge in [0.25, 0.3) is 0 Å². The monoisotopic (exact) mass is 360 g/mol. The number of hydrogen-bond donors (Lipinski definition) is 2. The number of carbonyl (C=O) groups is 3. The van der Waals surface area contributed by atoms with Crippen molar-refractivity contribution < 1.29 is 24.2 Å². The molecule has 1 aliphatic carbocycles. The number of benzene rings is 1. The number of hydrogen-bond acceptors (Lipinski definition) is 4. The van der Waals surface area contributed by atoms with Crippen molar-refractivity contribution in [3.8, 4) is 0 Å². The van der Waals surface area contributed by atoms with Crippen molar-refractivity contribution in [3.05, 3.63) is 29.8 Å². The van der Waals surface area contributed by atoms with Gasteiger partial charge in [0.15, 0.2) is 0 Å². The molecule has 3 rings (SSSR count). The average molecular weight is 360 g/mol. The molecule has 7 nitrogen and oxygen atoms in total. The standard InChI is InChI=1S/C19H24N2O5/c1-2-26-16(22)10-13-5-3-7-15(9-13)20-18(25)21-11-14-6-4-8-19(14,12-21)17(23)24/h3,5,7,9,14H,2,4,6,8,10-12H2,1H3,(H,20,25)(H,23,24)/t14-,19+/m0/s1. The number of nitrogens with zero attached hydrogens (tertiary/aromatic N) is 1. The van der Waals surface area contributed by atoms with E-state index in [0.29, 0.717) is 25.3 Å². The second-order valence-electron chi connectivity index (χ2n) is 7.04. The highest BCUT2D eigenvalue weighted by atomic mass is 16.5. The summed E-state index contributed by atoms with van der Waals surface area (Å²) in [6.45, 7) is 2.81. The number of fused-ring (bicyclic) bond motifs is 1. The fourth-order valence-corrected chi connectivity index (χ4v) is 4.13. The summed E-state index contributed by atoms with van der Waals surface area (Å²) in [6, 6.07) is 6.75. The van der Waals surface area contributed by atoms with Gasteiger partial charge in [-0.15, -0.1) is 0 Å². The summed E-state index contributed by atoms with van der Waals surface area (Å²) in [5.74, 6) is -1.08. The topological polar surface area (TPSA) is 95.9 Å². The summed E-state index contributed by atoms with van der Waals surface area (Å²) < 4.78 is 4.93. The Morgan fingerprint density at radius 1 is 1.38 bits per heavy atom. The molecule has 1 heterocycles. The van der Waals surface area contributed by atoms with Crippen molar-refractivity contribution in [1.29, 1.82) is 0 Å². The van der Waals surface area contributed by atoms with E-state index in [1.165, 1.54) is 0 Å². The van der Waals surface area contributed by atoms with Gasteiger partial charge in [0.1, 0.15) is 0 Å². The number of nitrogens with one attached hydrogen (secondary N) is 1. The van der Waals surface area contributed by atoms with Gasteiger partial charge in [0.05, 0.1) is 18.4 Å². The lowest BCUT2D eigenvalue weighted by molar-refractivity contribution is -0.149. The number of amides is 2. The predicted octanol–water partition coefficient (Wildman–Crippen LogP) is 2.51. The van der Waals surface area contributed by atoms with Crippen LogP contribution >= 0.6 is 0 Å². The molecule has 2 N–H and O–H groups in total. The van der Waals surface area contributed by atoms with Crippen molar-refractivity contribution in [2.24, 2.45) is 11.3 Å². The van der Waals surface area contributed by atoms with Crippen LogP contribution in [0.5, 0.6) is 0 Å². The van der Waals surface area contributed by atoms with Crippen LogP contribution in [-0.2, 0) is 20.7 Å². The lowest BCUT2D eigenvalue weighted by Gasteiger charge is -2.23. The molecule has 1 saturated heterocycles. The molecule has 1 aromatic carbocycles. The zero-order valence-electron chi connectivity index (χ0n) is 14.9. The summed E-state index contributed by atoms with van der Waals surface area (Å²) in [7, 11) is 0. The minimum atomic E-state index is -0.799. The maximum Gasteiger partial charge on any atom is 0.321 e. The Morgan fingerprint density at radius 2 is 2.19 bits per heavy atom. The first kappa shape index (κ1) is 18.2. The molecule has 0 radical (unpaired) electrons. The van der Waals surface area contributed by atoms with Gasteiger partial charge in [-0.05, 0) is 43.4 Å². The first-order valence-corrected chi connectivity index (χ1v) is 8.98. The van der Waals surface area contributed by atoms with Gasteiger partial charge in [-0.3, -0.25) is 9.59 Å². The zero-order chi connectivity index (χ0) is 18.7. The number of rotatable bonds is 5. The van der Waals surface area contributed by atoms with E-state index in [-0.39, 0.29) is 30.9 Å². The minimum absolute atomic E-state index is 0.0286. The van der Waals surface area contributed by atoms with E-state index in [1.54, 1.807) is 36.1 Å². The van der Waals surface area contributed by atoms with E-state index in [1.807, 2.05) is 0 Å². The number of carboxylic acid groups (broad SMARTS) is 1. The van der Waals surface area contributed by atoms with Crippen molar-refractivity contribution in [3.63, 3.8) is 0 Å². The summed E-state index contributed by atoms with van der Waals surface area (Å²) >= 11 is 0. The first-order chi connectivity index (χ1) is 12.4. The number of carbonyl (C=O) groups excluding carboxylic acids is 2. The number of esters is 1. The Kier molecular flexibility index (Phi) is 5.15. The van der Waals surface area contributed by atoms with Crippen molar-refractivity contribution in [1.82, 2.24) is 4.90 Å². The molecular weight excluding hydrogens is 336 g/mol. The van der Waals surface area contributed by atoms with Crippen LogP contribution in [0.15, 0.2) is 24.3 Å². The van der Waals surface area contributed by atoms with E-state index in [9.17, 15) is 19.5 Å².